The van der Waals surface area contributed by atoms with Crippen LogP contribution in [0.5, 0.6) is 11.5 Å². The second-order valence-corrected chi connectivity index (χ2v) is 8.19. The van der Waals surface area contributed by atoms with Gasteiger partial charge in [0.2, 0.25) is 0 Å². The summed E-state index contributed by atoms with van der Waals surface area (Å²) in [5.41, 5.74) is 2.68. The molecule has 0 amide bonds. The Hall–Kier alpha value is -0.540. The van der Waals surface area contributed by atoms with E-state index in [1.54, 1.807) is 14.2 Å². The fraction of sp³-hybridized carbons (Fsp3) is 0.647. The highest BCUT2D eigenvalue weighted by Crippen LogP contribution is 2.56. The Kier molecular flexibility index (Phi) is 5.37. The fourth-order valence-corrected chi connectivity index (χ4v) is 5.13. The third-order valence-corrected chi connectivity index (χ3v) is 6.49. The van der Waals surface area contributed by atoms with Gasteiger partial charge in [0.25, 0.3) is 0 Å². The van der Waals surface area contributed by atoms with Gasteiger partial charge in [0.05, 0.1) is 14.2 Å². The molecule has 0 N–H and O–H groups in total. The summed E-state index contributed by atoms with van der Waals surface area (Å²) in [5.74, 6) is 3.00. The van der Waals surface area contributed by atoms with Crippen molar-refractivity contribution in [3.8, 4) is 11.5 Å². The molecule has 0 bridgehead atoms. The second-order valence-electron chi connectivity index (χ2n) is 5.93. The third kappa shape index (κ3) is 3.14. The molecule has 1 heterocycles. The SMILES string of the molecule is COc1cc(OC)c2c(c1)C(C)C(C)SC2(C)CCCCl. The lowest BCUT2D eigenvalue weighted by atomic mass is 9.83. The third-order valence-electron chi connectivity index (χ3n) is 4.52. The van der Waals surface area contributed by atoms with Gasteiger partial charge in [-0.1, -0.05) is 13.8 Å². The van der Waals surface area contributed by atoms with Crippen LogP contribution in [0, 0.1) is 0 Å². The topological polar surface area (TPSA) is 18.5 Å². The van der Waals surface area contributed by atoms with Crippen LogP contribution in [0.25, 0.3) is 0 Å². The number of hydrogen-bond acceptors (Lipinski definition) is 3. The fourth-order valence-electron chi connectivity index (χ4n) is 3.23. The molecule has 4 heteroatoms. The van der Waals surface area contributed by atoms with Crippen LogP contribution in [0.3, 0.4) is 0 Å². The van der Waals surface area contributed by atoms with Crippen molar-refractivity contribution in [2.24, 2.45) is 0 Å². The van der Waals surface area contributed by atoms with E-state index in [0.29, 0.717) is 17.0 Å². The summed E-state index contributed by atoms with van der Waals surface area (Å²) < 4.78 is 11.2. The van der Waals surface area contributed by atoms with E-state index in [0.717, 1.165) is 24.3 Å². The smallest absolute Gasteiger partial charge is 0.127 e. The zero-order valence-corrected chi connectivity index (χ0v) is 15.1. The van der Waals surface area contributed by atoms with Gasteiger partial charge in [-0.3, -0.25) is 0 Å². The van der Waals surface area contributed by atoms with E-state index < -0.39 is 0 Å². The van der Waals surface area contributed by atoms with E-state index in [4.69, 9.17) is 21.1 Å². The number of hydrogen-bond donors (Lipinski definition) is 0. The molecule has 3 unspecified atom stereocenters. The maximum atomic E-state index is 5.94. The van der Waals surface area contributed by atoms with E-state index >= 15 is 0 Å². The Morgan fingerprint density at radius 2 is 1.95 bits per heavy atom. The first-order valence-corrected chi connectivity index (χ1v) is 8.88. The minimum Gasteiger partial charge on any atom is -0.497 e. The molecule has 0 spiro atoms. The van der Waals surface area contributed by atoms with Crippen LogP contribution in [0.4, 0.5) is 0 Å². The Balaban J connectivity index is 2.59. The average Bonchev–Trinajstić information content (AvgIpc) is 2.49. The Bertz CT molecular complexity index is 506. The van der Waals surface area contributed by atoms with Crippen LogP contribution >= 0.6 is 23.4 Å². The summed E-state index contributed by atoms with van der Waals surface area (Å²) in [6.45, 7) is 6.92. The lowest BCUT2D eigenvalue weighted by Crippen LogP contribution is -2.31. The average molecular weight is 329 g/mol. The van der Waals surface area contributed by atoms with Crippen molar-refractivity contribution in [2.75, 3.05) is 20.1 Å². The van der Waals surface area contributed by atoms with Gasteiger partial charge in [-0.25, -0.2) is 0 Å². The molecule has 21 heavy (non-hydrogen) atoms. The summed E-state index contributed by atoms with van der Waals surface area (Å²) in [5, 5.41) is 0.564. The number of thioether (sulfide) groups is 1. The van der Waals surface area contributed by atoms with Crippen molar-refractivity contribution in [3.63, 3.8) is 0 Å². The van der Waals surface area contributed by atoms with E-state index in [2.05, 4.69) is 26.8 Å². The van der Waals surface area contributed by atoms with Gasteiger partial charge >= 0.3 is 0 Å². The molecule has 1 aliphatic heterocycles. The normalized spacial score (nSPS) is 28.1. The molecular formula is C17H25ClO2S. The van der Waals surface area contributed by atoms with E-state index in [1.807, 2.05) is 17.8 Å². The van der Waals surface area contributed by atoms with Crippen LogP contribution in [0.2, 0.25) is 0 Å². The Morgan fingerprint density at radius 3 is 2.52 bits per heavy atom. The van der Waals surface area contributed by atoms with Crippen molar-refractivity contribution in [1.82, 2.24) is 0 Å². The number of methoxy groups -OCH3 is 2. The Labute approximate surface area is 137 Å². The summed E-state index contributed by atoms with van der Waals surface area (Å²) in [6.07, 6.45) is 2.08. The lowest BCUT2D eigenvalue weighted by Gasteiger charge is -2.43. The largest absolute Gasteiger partial charge is 0.497 e. The van der Waals surface area contributed by atoms with Crippen molar-refractivity contribution >= 4 is 23.4 Å². The zero-order valence-electron chi connectivity index (χ0n) is 13.5. The van der Waals surface area contributed by atoms with Gasteiger partial charge in [-0.05, 0) is 37.3 Å². The standard InChI is InChI=1S/C17H25ClO2S/c1-11-12(2)21-17(3,7-6-8-18)16-14(11)9-13(19-4)10-15(16)20-5/h9-12H,6-8H2,1-5H3. The first-order valence-electron chi connectivity index (χ1n) is 7.47. The summed E-state index contributed by atoms with van der Waals surface area (Å²) >= 11 is 7.98. The molecule has 0 saturated carbocycles. The molecule has 2 rings (SSSR count). The summed E-state index contributed by atoms with van der Waals surface area (Å²) in [7, 11) is 3.45. The molecular weight excluding hydrogens is 304 g/mol. The molecule has 0 aliphatic carbocycles. The molecule has 0 aromatic heterocycles. The molecule has 118 valence electrons. The first-order chi connectivity index (χ1) is 9.96. The van der Waals surface area contributed by atoms with E-state index in [-0.39, 0.29) is 4.75 Å². The van der Waals surface area contributed by atoms with Gasteiger partial charge < -0.3 is 9.47 Å². The maximum Gasteiger partial charge on any atom is 0.127 e. The first kappa shape index (κ1) is 16.8. The molecule has 1 aliphatic rings. The molecule has 0 saturated heterocycles. The predicted molar refractivity (Wildman–Crippen MR) is 92.3 cm³/mol. The van der Waals surface area contributed by atoms with Crippen molar-refractivity contribution in [2.45, 2.75) is 49.5 Å². The molecule has 3 atom stereocenters. The second kappa shape index (κ2) is 6.70. The quantitative estimate of drug-likeness (QED) is 0.694. The number of halogens is 1. The highest BCUT2D eigenvalue weighted by molar-refractivity contribution is 8.00. The number of alkyl halides is 1. The maximum absolute atomic E-state index is 5.94. The molecule has 0 radical (unpaired) electrons. The van der Waals surface area contributed by atoms with Crippen molar-refractivity contribution < 1.29 is 9.47 Å². The molecule has 1 aromatic carbocycles. The van der Waals surface area contributed by atoms with Gasteiger partial charge in [0, 0.05) is 27.5 Å². The van der Waals surface area contributed by atoms with Crippen molar-refractivity contribution in [3.05, 3.63) is 23.3 Å². The highest BCUT2D eigenvalue weighted by atomic mass is 35.5. The van der Waals surface area contributed by atoms with Crippen LogP contribution in [-0.2, 0) is 4.75 Å². The van der Waals surface area contributed by atoms with Crippen LogP contribution in [0.1, 0.15) is 50.7 Å². The number of benzene rings is 1. The monoisotopic (exact) mass is 328 g/mol. The summed E-state index contributed by atoms with van der Waals surface area (Å²) in [6, 6.07) is 4.18. The van der Waals surface area contributed by atoms with E-state index in [9.17, 15) is 0 Å². The minimum atomic E-state index is 0.0494. The van der Waals surface area contributed by atoms with Crippen LogP contribution in [0.15, 0.2) is 12.1 Å². The van der Waals surface area contributed by atoms with E-state index in [1.165, 1.54) is 11.1 Å². The molecule has 2 nitrogen and oxygen atoms in total. The Morgan fingerprint density at radius 1 is 1.24 bits per heavy atom. The zero-order chi connectivity index (χ0) is 15.6. The number of ether oxygens (including phenoxy) is 2. The number of fused-ring (bicyclic) bond motifs is 1. The van der Waals surface area contributed by atoms with Gasteiger partial charge in [-0.2, -0.15) is 0 Å². The van der Waals surface area contributed by atoms with Gasteiger partial charge in [0.1, 0.15) is 11.5 Å². The van der Waals surface area contributed by atoms with Gasteiger partial charge in [-0.15, -0.1) is 23.4 Å². The minimum absolute atomic E-state index is 0.0494. The summed E-state index contributed by atoms with van der Waals surface area (Å²) in [4.78, 5) is 0. The lowest BCUT2D eigenvalue weighted by molar-refractivity contribution is 0.381. The molecule has 0 fully saturated rings. The number of rotatable bonds is 5. The van der Waals surface area contributed by atoms with Gasteiger partial charge in [0.15, 0.2) is 0 Å². The van der Waals surface area contributed by atoms with Crippen LogP contribution < -0.4 is 9.47 Å². The predicted octanol–water partition coefficient (Wildman–Crippen LogP) is 5.18. The highest BCUT2D eigenvalue weighted by Gasteiger charge is 2.41. The molecule has 1 aromatic rings. The van der Waals surface area contributed by atoms with Crippen LogP contribution in [-0.4, -0.2) is 25.3 Å². The van der Waals surface area contributed by atoms with Crippen molar-refractivity contribution in [1.29, 1.82) is 0 Å².